The third-order valence-corrected chi connectivity index (χ3v) is 8.60. The fourth-order valence-corrected chi connectivity index (χ4v) is 5.84. The molecule has 0 aromatic heterocycles. The molecule has 2 aliphatic heterocycles. The van der Waals surface area contributed by atoms with E-state index in [0.717, 1.165) is 57.9 Å². The smallest absolute Gasteiger partial charge is 0.303 e. The topological polar surface area (TPSA) is 177 Å². The van der Waals surface area contributed by atoms with Crippen molar-refractivity contribution in [2.24, 2.45) is 0 Å². The Balaban J connectivity index is 2.11. The molecule has 2 rings (SSSR count). The molecule has 0 unspecified atom stereocenters. The van der Waals surface area contributed by atoms with Crippen LogP contribution in [0.25, 0.3) is 0 Å². The maximum atomic E-state index is 12.1. The molecular weight excluding hydrogens is 664 g/mol. The zero-order chi connectivity index (χ0) is 38.2. The van der Waals surface area contributed by atoms with Crippen molar-refractivity contribution in [2.45, 2.75) is 162 Å². The second kappa shape index (κ2) is 22.2. The Morgan fingerprint density at radius 3 is 1.61 bits per heavy atom. The molecule has 0 spiro atoms. The van der Waals surface area contributed by atoms with Crippen LogP contribution in [0.15, 0.2) is 46.6 Å². The Hall–Kier alpha value is -2.91. The number of esters is 3. The third kappa shape index (κ3) is 15.3. The maximum Gasteiger partial charge on any atom is 0.303 e. The van der Waals surface area contributed by atoms with Crippen molar-refractivity contribution >= 4 is 17.9 Å². The summed E-state index contributed by atoms with van der Waals surface area (Å²) in [5.41, 5.74) is 5.13. The molecule has 0 aliphatic carbocycles. The predicted octanol–water partition coefficient (Wildman–Crippen LogP) is 4.51. The van der Waals surface area contributed by atoms with Crippen LogP contribution in [0.3, 0.4) is 0 Å². The number of hydrogen-bond acceptors (Lipinski definition) is 13. The number of carbonyl (C=O) groups excluding carboxylic acids is 3. The summed E-state index contributed by atoms with van der Waals surface area (Å²) in [6, 6.07) is 0. The molecule has 13 heteroatoms. The van der Waals surface area contributed by atoms with Crippen LogP contribution < -0.4 is 0 Å². The second-order valence-electron chi connectivity index (χ2n) is 13.6. The molecule has 0 bridgehead atoms. The summed E-state index contributed by atoms with van der Waals surface area (Å²) >= 11 is 0. The molecule has 290 valence electrons. The molecule has 0 amide bonds. The number of aliphatic hydroxyl groups excluding tert-OH is 3. The fraction of sp³-hybridized carbons (Fsp3) is 0.711. The van der Waals surface area contributed by atoms with Crippen LogP contribution in [0, 0.1) is 0 Å². The zero-order valence-corrected chi connectivity index (χ0v) is 31.7. The van der Waals surface area contributed by atoms with Crippen LogP contribution in [-0.4, -0.2) is 108 Å². The average molecular weight is 725 g/mol. The largest absolute Gasteiger partial charge is 0.456 e. The number of carbonyl (C=O) groups is 3. The number of rotatable bonds is 18. The van der Waals surface area contributed by atoms with Crippen LogP contribution in [0.1, 0.15) is 101 Å². The van der Waals surface area contributed by atoms with Crippen molar-refractivity contribution in [3.63, 3.8) is 0 Å². The molecule has 0 aromatic rings. The molecule has 2 heterocycles. The van der Waals surface area contributed by atoms with E-state index >= 15 is 0 Å². The quantitative estimate of drug-likeness (QED) is 0.102. The standard InChI is InChI=1S/C38H60O13/c1-22(2)13-10-14-23(3)15-11-16-24(4)17-12-18-25(5)19-20-45-37-34(32(44)31(43)30(21-39)50-37)51-38-36(49-29(9)42)35(48-28(8)41)33(26(6)46-38)47-27(7)40/h13,15,17,19,26,30-39,43-44H,10-12,14,16,18,20-21H2,1-9H3/b23-15+,24-17+,25-19+/t26-,30+,31+,32-,33-,34+,35+,36+,37+,38-/m0/s1. The van der Waals surface area contributed by atoms with Gasteiger partial charge in [0.25, 0.3) is 0 Å². The minimum Gasteiger partial charge on any atom is -0.456 e. The van der Waals surface area contributed by atoms with Gasteiger partial charge in [-0.25, -0.2) is 0 Å². The number of aliphatic hydroxyl groups is 3. The van der Waals surface area contributed by atoms with Crippen LogP contribution >= 0.6 is 0 Å². The van der Waals surface area contributed by atoms with E-state index in [1.165, 1.54) is 23.6 Å². The van der Waals surface area contributed by atoms with E-state index in [2.05, 4.69) is 45.9 Å². The first-order valence-electron chi connectivity index (χ1n) is 17.7. The van der Waals surface area contributed by atoms with E-state index < -0.39 is 85.9 Å². The molecule has 0 radical (unpaired) electrons. The van der Waals surface area contributed by atoms with E-state index in [4.69, 9.17) is 33.2 Å². The molecule has 10 atom stereocenters. The Kier molecular flexibility index (Phi) is 19.3. The van der Waals surface area contributed by atoms with Crippen molar-refractivity contribution in [1.82, 2.24) is 0 Å². The van der Waals surface area contributed by atoms with Gasteiger partial charge in [0, 0.05) is 20.8 Å². The van der Waals surface area contributed by atoms with Gasteiger partial charge in [-0.2, -0.15) is 0 Å². The van der Waals surface area contributed by atoms with Gasteiger partial charge in [-0.05, 0) is 80.1 Å². The minimum absolute atomic E-state index is 0.0523. The highest BCUT2D eigenvalue weighted by Crippen LogP contribution is 2.33. The third-order valence-electron chi connectivity index (χ3n) is 8.60. The monoisotopic (exact) mass is 724 g/mol. The van der Waals surface area contributed by atoms with E-state index in [9.17, 15) is 29.7 Å². The Morgan fingerprint density at radius 2 is 1.10 bits per heavy atom. The van der Waals surface area contributed by atoms with Crippen molar-refractivity contribution in [3.05, 3.63) is 46.6 Å². The molecule has 2 saturated heterocycles. The van der Waals surface area contributed by atoms with E-state index in [0.29, 0.717) is 0 Å². The van der Waals surface area contributed by atoms with Crippen LogP contribution in [0.2, 0.25) is 0 Å². The number of hydrogen-bond donors (Lipinski definition) is 3. The van der Waals surface area contributed by atoms with Gasteiger partial charge in [0.1, 0.15) is 24.4 Å². The van der Waals surface area contributed by atoms with Gasteiger partial charge in [-0.15, -0.1) is 0 Å². The summed E-state index contributed by atoms with van der Waals surface area (Å²) in [5, 5.41) is 31.6. The highest BCUT2D eigenvalue weighted by molar-refractivity contribution is 5.68. The molecular formula is C38H60O13. The van der Waals surface area contributed by atoms with E-state index in [-0.39, 0.29) is 6.61 Å². The van der Waals surface area contributed by atoms with Gasteiger partial charge in [-0.1, -0.05) is 46.6 Å². The highest BCUT2D eigenvalue weighted by atomic mass is 16.8. The molecule has 51 heavy (non-hydrogen) atoms. The Labute approximate surface area is 302 Å². The maximum absolute atomic E-state index is 12.1. The van der Waals surface area contributed by atoms with Gasteiger partial charge in [-0.3, -0.25) is 14.4 Å². The summed E-state index contributed by atoms with van der Waals surface area (Å²) in [5.74, 6) is -2.20. The van der Waals surface area contributed by atoms with E-state index in [1.54, 1.807) is 6.92 Å². The number of allylic oxidation sites excluding steroid dienone is 7. The molecule has 0 aromatic carbocycles. The first-order chi connectivity index (χ1) is 24.0. The Morgan fingerprint density at radius 1 is 0.608 bits per heavy atom. The Bertz CT molecular complexity index is 1250. The van der Waals surface area contributed by atoms with Crippen LogP contribution in [-0.2, 0) is 47.5 Å². The van der Waals surface area contributed by atoms with Gasteiger partial charge in [0.05, 0.1) is 19.3 Å². The summed E-state index contributed by atoms with van der Waals surface area (Å²) in [7, 11) is 0. The lowest BCUT2D eigenvalue weighted by molar-refractivity contribution is -0.364. The van der Waals surface area contributed by atoms with Crippen molar-refractivity contribution in [3.8, 4) is 0 Å². The summed E-state index contributed by atoms with van der Waals surface area (Å²) in [6.45, 7) is 14.9. The van der Waals surface area contributed by atoms with Gasteiger partial charge < -0.3 is 48.5 Å². The van der Waals surface area contributed by atoms with E-state index in [1.807, 2.05) is 13.0 Å². The summed E-state index contributed by atoms with van der Waals surface area (Å²) < 4.78 is 40.0. The summed E-state index contributed by atoms with van der Waals surface area (Å²) in [6.07, 6.45) is 1.05. The molecule has 13 nitrogen and oxygen atoms in total. The lowest BCUT2D eigenvalue weighted by Crippen LogP contribution is -2.65. The second-order valence-corrected chi connectivity index (χ2v) is 13.6. The predicted molar refractivity (Wildman–Crippen MR) is 188 cm³/mol. The zero-order valence-electron chi connectivity index (χ0n) is 31.7. The normalized spacial score (nSPS) is 30.4. The van der Waals surface area contributed by atoms with Gasteiger partial charge in [0.2, 0.25) is 0 Å². The van der Waals surface area contributed by atoms with Gasteiger partial charge in [0.15, 0.2) is 30.9 Å². The lowest BCUT2D eigenvalue weighted by atomic mass is 9.97. The summed E-state index contributed by atoms with van der Waals surface area (Å²) in [4.78, 5) is 36.0. The van der Waals surface area contributed by atoms with Crippen molar-refractivity contribution in [2.75, 3.05) is 13.2 Å². The lowest BCUT2D eigenvalue weighted by Gasteiger charge is -2.47. The number of ether oxygens (including phenoxy) is 7. The highest BCUT2D eigenvalue weighted by Gasteiger charge is 2.54. The first-order valence-corrected chi connectivity index (χ1v) is 17.7. The van der Waals surface area contributed by atoms with Crippen LogP contribution in [0.4, 0.5) is 0 Å². The molecule has 2 fully saturated rings. The molecule has 0 saturated carbocycles. The average Bonchev–Trinajstić information content (AvgIpc) is 3.03. The van der Waals surface area contributed by atoms with Crippen LogP contribution in [0.5, 0.6) is 0 Å². The molecule has 3 N–H and O–H groups in total. The van der Waals surface area contributed by atoms with Gasteiger partial charge >= 0.3 is 17.9 Å². The van der Waals surface area contributed by atoms with Crippen molar-refractivity contribution < 1.29 is 62.9 Å². The van der Waals surface area contributed by atoms with Crippen molar-refractivity contribution in [1.29, 1.82) is 0 Å². The SMILES string of the molecule is CC(=O)O[C@@H]1[C@@H](OC(C)=O)[C@H](C)O[C@@H](O[C@H]2[C@H](OC/C=C(\C)CC/C=C(\C)CC/C=C(\C)CCC=C(C)C)O[C@H](CO)[C@@H](O)[C@@H]2O)[C@@H]1OC(C)=O. The first kappa shape index (κ1) is 44.3. The minimum atomic E-state index is -1.63. The fourth-order valence-electron chi connectivity index (χ4n) is 5.84. The molecule has 2 aliphatic rings.